The molecule has 1 unspecified atom stereocenters. The van der Waals surface area contributed by atoms with E-state index in [4.69, 9.17) is 9.72 Å². The average Bonchev–Trinajstić information content (AvgIpc) is 3.44. The number of rotatable bonds is 6. The smallest absolute Gasteiger partial charge is 0.408 e. The van der Waals surface area contributed by atoms with Crippen LogP contribution in [0, 0.1) is 0 Å². The number of carbonyl (C=O) groups is 2. The van der Waals surface area contributed by atoms with Gasteiger partial charge in [-0.05, 0) is 57.9 Å². The average molecular weight is 548 g/mol. The Morgan fingerprint density at radius 1 is 1.18 bits per heavy atom. The lowest BCUT2D eigenvalue weighted by atomic mass is 9.97. The number of aromatic nitrogens is 3. The van der Waals surface area contributed by atoms with Gasteiger partial charge in [-0.3, -0.25) is 9.69 Å². The minimum atomic E-state index is -0.977. The zero-order valence-corrected chi connectivity index (χ0v) is 23.7. The summed E-state index contributed by atoms with van der Waals surface area (Å²) in [6.45, 7) is 6.92. The van der Waals surface area contributed by atoms with Gasteiger partial charge in [-0.2, -0.15) is 0 Å². The summed E-state index contributed by atoms with van der Waals surface area (Å²) in [5.74, 6) is 1.05. The van der Waals surface area contributed by atoms with E-state index in [0.29, 0.717) is 48.7 Å². The minimum Gasteiger partial charge on any atom is -0.494 e. The second-order valence-electron chi connectivity index (χ2n) is 11.4. The number of carbonyl (C=O) groups excluding carboxylic acids is 1. The van der Waals surface area contributed by atoms with Gasteiger partial charge in [0.15, 0.2) is 5.82 Å². The maximum atomic E-state index is 13.8. The predicted octanol–water partition coefficient (Wildman–Crippen LogP) is 4.58. The number of hydrogen-bond donors (Lipinski definition) is 2. The molecule has 212 valence electrons. The first kappa shape index (κ1) is 27.5. The van der Waals surface area contributed by atoms with Crippen LogP contribution in [-0.2, 0) is 13.6 Å². The molecule has 0 radical (unpaired) electrons. The fourth-order valence-electron chi connectivity index (χ4n) is 6.08. The number of amides is 2. The molecule has 2 amide bonds. The summed E-state index contributed by atoms with van der Waals surface area (Å²) in [5, 5.41) is 20.7. The Morgan fingerprint density at radius 3 is 2.60 bits per heavy atom. The summed E-state index contributed by atoms with van der Waals surface area (Å²) in [6, 6.07) is 13.3. The molecule has 0 aliphatic carbocycles. The van der Waals surface area contributed by atoms with Crippen LogP contribution < -0.4 is 4.74 Å². The van der Waals surface area contributed by atoms with Crippen LogP contribution in [-0.4, -0.2) is 84.5 Å². The molecule has 2 aromatic heterocycles. The molecule has 5 rings (SSSR count). The van der Waals surface area contributed by atoms with Crippen molar-refractivity contribution < 1.29 is 24.5 Å². The molecule has 10 nitrogen and oxygen atoms in total. The Bertz CT molecular complexity index is 1580. The number of likely N-dealkylation sites (tertiary alicyclic amines) is 1. The second-order valence-corrected chi connectivity index (χ2v) is 11.4. The Morgan fingerprint density at radius 2 is 1.93 bits per heavy atom. The topological polar surface area (TPSA) is 113 Å². The lowest BCUT2D eigenvalue weighted by molar-refractivity contribution is 0.0315. The molecule has 1 atom stereocenters. The number of fused-ring (bicyclic) bond motifs is 2. The molecular formula is C30H37N5O5. The van der Waals surface area contributed by atoms with Gasteiger partial charge < -0.3 is 29.0 Å². The molecule has 0 bridgehead atoms. The molecule has 1 aliphatic rings. The van der Waals surface area contributed by atoms with Gasteiger partial charge in [0.2, 0.25) is 0 Å². The molecule has 1 aliphatic heterocycles. The van der Waals surface area contributed by atoms with Crippen LogP contribution in [0.25, 0.3) is 33.5 Å². The molecule has 2 N–H and O–H groups in total. The van der Waals surface area contributed by atoms with Gasteiger partial charge in [-0.25, -0.2) is 9.78 Å². The van der Waals surface area contributed by atoms with Crippen molar-refractivity contribution in [3.8, 4) is 17.3 Å². The molecule has 1 saturated heterocycles. The molecule has 0 saturated carbocycles. The quantitative estimate of drug-likeness (QED) is 0.365. The van der Waals surface area contributed by atoms with E-state index in [1.54, 1.807) is 24.1 Å². The molecule has 0 spiro atoms. The Kier molecular flexibility index (Phi) is 7.22. The number of imidazole rings is 1. The Hall–Kier alpha value is -4.05. The second kappa shape index (κ2) is 10.5. The van der Waals surface area contributed by atoms with Gasteiger partial charge in [0.1, 0.15) is 11.3 Å². The zero-order valence-electron chi connectivity index (χ0n) is 23.7. The fraction of sp³-hybridized carbons (Fsp3) is 0.433. The number of hydrogen-bond acceptors (Lipinski definition) is 5. The van der Waals surface area contributed by atoms with Crippen LogP contribution in [0.4, 0.5) is 4.79 Å². The number of benzene rings is 2. The van der Waals surface area contributed by atoms with Gasteiger partial charge in [0.25, 0.3) is 5.91 Å². The van der Waals surface area contributed by atoms with Crippen LogP contribution >= 0.6 is 0 Å². The highest BCUT2D eigenvalue weighted by atomic mass is 16.5. The van der Waals surface area contributed by atoms with Gasteiger partial charge in [-0.15, -0.1) is 0 Å². The number of ether oxygens (including phenoxy) is 1. The number of aliphatic hydroxyl groups excluding tert-OH is 1. The maximum Gasteiger partial charge on any atom is 0.408 e. The molecule has 3 heterocycles. The van der Waals surface area contributed by atoms with E-state index in [1.807, 2.05) is 61.2 Å². The largest absolute Gasteiger partial charge is 0.494 e. The number of nitrogens with zero attached hydrogens (tertiary/aromatic N) is 5. The van der Waals surface area contributed by atoms with E-state index in [2.05, 4.69) is 6.07 Å². The molecule has 10 heteroatoms. The summed E-state index contributed by atoms with van der Waals surface area (Å²) in [5.41, 5.74) is 3.12. The van der Waals surface area contributed by atoms with Crippen molar-refractivity contribution >= 4 is 33.9 Å². The maximum absolute atomic E-state index is 13.8. The van der Waals surface area contributed by atoms with Gasteiger partial charge in [0.05, 0.1) is 31.0 Å². The third kappa shape index (κ3) is 4.77. The van der Waals surface area contributed by atoms with E-state index in [9.17, 15) is 19.8 Å². The summed E-state index contributed by atoms with van der Waals surface area (Å²) in [7, 11) is 3.49. The highest BCUT2D eigenvalue weighted by molar-refractivity contribution is 6.00. The lowest BCUT2D eigenvalue weighted by Gasteiger charge is -2.44. The first-order chi connectivity index (χ1) is 19.0. The van der Waals surface area contributed by atoms with E-state index in [0.717, 1.165) is 28.5 Å². The van der Waals surface area contributed by atoms with Crippen LogP contribution in [0.3, 0.4) is 0 Å². The standard InChI is InChI=1S/C30H37N5O5/c1-30(2,3)35(29(38)39)21-10-8-12-33(18-21)28(37)20-15-22-26(25(17-20)40-5)32(4)27(31-22)24-16-19-9-6-7-11-23(19)34(24)13-14-36/h6-7,9,11,15-17,21,36H,8,10,12-14,18H2,1-5H3,(H,38,39). The van der Waals surface area contributed by atoms with Crippen molar-refractivity contribution in [2.24, 2.45) is 7.05 Å². The third-order valence-corrected chi connectivity index (χ3v) is 7.74. The van der Waals surface area contributed by atoms with Crippen LogP contribution in [0.1, 0.15) is 44.0 Å². The zero-order chi connectivity index (χ0) is 28.8. The van der Waals surface area contributed by atoms with E-state index >= 15 is 0 Å². The van der Waals surface area contributed by atoms with E-state index in [1.165, 1.54) is 4.90 Å². The van der Waals surface area contributed by atoms with Gasteiger partial charge in [0, 0.05) is 48.7 Å². The number of aryl methyl sites for hydroxylation is 1. The number of methoxy groups -OCH3 is 1. The highest BCUT2D eigenvalue weighted by Gasteiger charge is 2.37. The monoisotopic (exact) mass is 547 g/mol. The minimum absolute atomic E-state index is 0.0110. The summed E-state index contributed by atoms with van der Waals surface area (Å²) >= 11 is 0. The van der Waals surface area contributed by atoms with Crippen molar-refractivity contribution in [3.05, 3.63) is 48.0 Å². The molecule has 1 fully saturated rings. The fourth-order valence-corrected chi connectivity index (χ4v) is 6.08. The summed E-state index contributed by atoms with van der Waals surface area (Å²) in [4.78, 5) is 34.0. The number of aliphatic hydroxyl groups is 1. The first-order valence-corrected chi connectivity index (χ1v) is 13.6. The summed E-state index contributed by atoms with van der Waals surface area (Å²) in [6.07, 6.45) is 0.453. The first-order valence-electron chi connectivity index (χ1n) is 13.6. The van der Waals surface area contributed by atoms with Crippen molar-refractivity contribution in [2.75, 3.05) is 26.8 Å². The highest BCUT2D eigenvalue weighted by Crippen LogP contribution is 2.35. The Labute approximate surface area is 233 Å². The number of para-hydroxylation sites is 1. The molecule has 4 aromatic rings. The van der Waals surface area contributed by atoms with Crippen LogP contribution in [0.2, 0.25) is 0 Å². The van der Waals surface area contributed by atoms with Gasteiger partial charge in [-0.1, -0.05) is 18.2 Å². The molecule has 2 aromatic carbocycles. The van der Waals surface area contributed by atoms with Crippen molar-refractivity contribution in [2.45, 2.75) is 51.7 Å². The lowest BCUT2D eigenvalue weighted by Crippen LogP contribution is -2.57. The summed E-state index contributed by atoms with van der Waals surface area (Å²) < 4.78 is 9.75. The molecular weight excluding hydrogens is 510 g/mol. The predicted molar refractivity (Wildman–Crippen MR) is 154 cm³/mol. The van der Waals surface area contributed by atoms with Gasteiger partial charge >= 0.3 is 6.09 Å². The van der Waals surface area contributed by atoms with Crippen LogP contribution in [0.15, 0.2) is 42.5 Å². The third-order valence-electron chi connectivity index (χ3n) is 7.74. The SMILES string of the molecule is COc1cc(C(=O)N2CCCC(N(C(=O)O)C(C)(C)C)C2)cc2nc(-c3cc4ccccc4n3CCO)n(C)c12. The number of carboxylic acid groups (broad SMARTS) is 1. The normalized spacial score (nSPS) is 16.1. The number of piperidine rings is 1. The van der Waals surface area contributed by atoms with Crippen LogP contribution in [0.5, 0.6) is 5.75 Å². The van der Waals surface area contributed by atoms with Crippen molar-refractivity contribution in [1.82, 2.24) is 23.9 Å². The van der Waals surface area contributed by atoms with E-state index in [-0.39, 0.29) is 18.6 Å². The van der Waals surface area contributed by atoms with Crippen molar-refractivity contribution in [3.63, 3.8) is 0 Å². The van der Waals surface area contributed by atoms with E-state index < -0.39 is 11.6 Å². The van der Waals surface area contributed by atoms with Crippen molar-refractivity contribution in [1.29, 1.82) is 0 Å². The Balaban J connectivity index is 1.54. The molecule has 40 heavy (non-hydrogen) atoms.